The average molecular weight is 286 g/mol. The lowest BCUT2D eigenvalue weighted by Crippen LogP contribution is -2.21. The smallest absolute Gasteiger partial charge is 0.145 e. The third-order valence-corrected chi connectivity index (χ3v) is 3.94. The molecule has 1 unspecified atom stereocenters. The van der Waals surface area contributed by atoms with Gasteiger partial charge in [0, 0.05) is 11.6 Å². The topological polar surface area (TPSA) is 64.7 Å². The van der Waals surface area contributed by atoms with Crippen molar-refractivity contribution in [2.24, 2.45) is 4.40 Å². The van der Waals surface area contributed by atoms with E-state index in [2.05, 4.69) is 4.40 Å². The Hall–Kier alpha value is -1.43. The third kappa shape index (κ3) is 3.76. The first kappa shape index (κ1) is 15.6. The van der Waals surface area contributed by atoms with E-state index >= 15 is 0 Å². The number of anilines is 1. The second kappa shape index (κ2) is 5.69. The predicted octanol–water partition coefficient (Wildman–Crippen LogP) is 2.69. The summed E-state index contributed by atoms with van der Waals surface area (Å²) in [6, 6.07) is 2.64. The summed E-state index contributed by atoms with van der Waals surface area (Å²) in [5.41, 5.74) is 6.63. The summed E-state index contributed by atoms with van der Waals surface area (Å²) in [6.07, 6.45) is 0. The summed E-state index contributed by atoms with van der Waals surface area (Å²) < 4.78 is 34.3. The quantitative estimate of drug-likeness (QED) is 0.686. The Morgan fingerprint density at radius 1 is 1.42 bits per heavy atom. The number of rotatable bonds is 3. The van der Waals surface area contributed by atoms with Crippen LogP contribution in [0.4, 0.5) is 10.1 Å². The molecular formula is C13H19FN2O2S. The van der Waals surface area contributed by atoms with Gasteiger partial charge in [-0.2, -0.15) is 4.40 Å². The van der Waals surface area contributed by atoms with Crippen molar-refractivity contribution in [3.8, 4) is 5.75 Å². The molecule has 1 rings (SSSR count). The first-order chi connectivity index (χ1) is 8.66. The summed E-state index contributed by atoms with van der Waals surface area (Å²) in [4.78, 5) is 0. The third-order valence-electron chi connectivity index (χ3n) is 2.45. The van der Waals surface area contributed by atoms with Crippen molar-refractivity contribution in [3.63, 3.8) is 0 Å². The van der Waals surface area contributed by atoms with Crippen molar-refractivity contribution in [1.82, 2.24) is 0 Å². The molecule has 6 heteroatoms. The van der Waals surface area contributed by atoms with Gasteiger partial charge in [-0.1, -0.05) is 0 Å². The molecule has 0 amide bonds. The summed E-state index contributed by atoms with van der Waals surface area (Å²) in [5, 5.41) is 0. The van der Waals surface area contributed by atoms with E-state index in [1.165, 1.54) is 19.2 Å². The number of ether oxygens (including phenoxy) is 1. The van der Waals surface area contributed by atoms with Crippen molar-refractivity contribution in [2.75, 3.05) is 12.8 Å². The fourth-order valence-corrected chi connectivity index (χ4v) is 1.96. The highest BCUT2D eigenvalue weighted by molar-refractivity contribution is 7.85. The van der Waals surface area contributed by atoms with Crippen LogP contribution in [0.1, 0.15) is 33.3 Å². The molecule has 0 heterocycles. The molecule has 0 fully saturated rings. The second-order valence-corrected chi connectivity index (χ2v) is 7.02. The van der Waals surface area contributed by atoms with Gasteiger partial charge in [-0.3, -0.25) is 0 Å². The molecule has 4 nitrogen and oxygen atoms in total. The van der Waals surface area contributed by atoms with E-state index in [9.17, 15) is 8.60 Å². The lowest BCUT2D eigenvalue weighted by molar-refractivity contribution is 0.413. The molecule has 0 aliphatic heterocycles. The Kier molecular flexibility index (Phi) is 4.68. The van der Waals surface area contributed by atoms with E-state index < -0.39 is 21.5 Å². The number of nitrogens with two attached hydrogens (primary N) is 1. The molecule has 0 aliphatic rings. The van der Waals surface area contributed by atoms with E-state index in [-0.39, 0.29) is 11.3 Å². The van der Waals surface area contributed by atoms with Gasteiger partial charge in [0.2, 0.25) is 0 Å². The van der Waals surface area contributed by atoms with E-state index in [1.54, 1.807) is 27.7 Å². The number of nitrogen functional groups attached to an aromatic ring is 1. The maximum Gasteiger partial charge on any atom is 0.145 e. The minimum absolute atomic E-state index is 0.232. The number of methoxy groups -OCH3 is 1. The van der Waals surface area contributed by atoms with E-state index in [1.807, 2.05) is 0 Å². The lowest BCUT2D eigenvalue weighted by Gasteiger charge is -2.14. The van der Waals surface area contributed by atoms with Crippen LogP contribution in [0.25, 0.3) is 0 Å². The van der Waals surface area contributed by atoms with Crippen molar-refractivity contribution in [3.05, 3.63) is 23.5 Å². The fraction of sp³-hybridized carbons (Fsp3) is 0.462. The zero-order valence-electron chi connectivity index (χ0n) is 11.8. The van der Waals surface area contributed by atoms with Crippen molar-refractivity contribution in [2.45, 2.75) is 32.4 Å². The summed E-state index contributed by atoms with van der Waals surface area (Å²) in [5.74, 6) is -0.232. The highest BCUT2D eigenvalue weighted by Gasteiger charge is 2.20. The van der Waals surface area contributed by atoms with Crippen molar-refractivity contribution in [1.29, 1.82) is 0 Å². The van der Waals surface area contributed by atoms with Crippen LogP contribution in [0, 0.1) is 5.82 Å². The highest BCUT2D eigenvalue weighted by atomic mass is 32.2. The second-order valence-electron chi connectivity index (χ2n) is 5.11. The van der Waals surface area contributed by atoms with Gasteiger partial charge >= 0.3 is 0 Å². The molecule has 1 atom stereocenters. The maximum absolute atomic E-state index is 13.9. The summed E-state index contributed by atoms with van der Waals surface area (Å²) >= 11 is 0. The molecule has 0 aromatic heterocycles. The molecular weight excluding hydrogens is 267 g/mol. The molecule has 0 aliphatic carbocycles. The minimum Gasteiger partial charge on any atom is -0.494 e. The Labute approximate surface area is 115 Å². The first-order valence-corrected chi connectivity index (χ1v) is 6.88. The number of nitrogens with zero attached hydrogens (tertiary/aromatic N) is 1. The van der Waals surface area contributed by atoms with Crippen LogP contribution in [0.5, 0.6) is 5.75 Å². The molecule has 0 bridgehead atoms. The number of hydrogen-bond donors (Lipinski definition) is 1. The Bertz CT molecular complexity index is 536. The SMILES string of the molecule is COc1cc(F)c(C(C)=NS(=O)C(C)(C)C)cc1N. The Morgan fingerprint density at radius 3 is 2.47 bits per heavy atom. The van der Waals surface area contributed by atoms with Crippen LogP contribution in [-0.2, 0) is 11.0 Å². The van der Waals surface area contributed by atoms with Crippen LogP contribution < -0.4 is 10.5 Å². The van der Waals surface area contributed by atoms with Gasteiger partial charge in [0.05, 0.1) is 23.3 Å². The van der Waals surface area contributed by atoms with Crippen LogP contribution in [-0.4, -0.2) is 21.8 Å². The van der Waals surface area contributed by atoms with Gasteiger partial charge in [-0.15, -0.1) is 0 Å². The normalized spacial score (nSPS) is 14.3. The molecule has 0 saturated carbocycles. The van der Waals surface area contributed by atoms with Gasteiger partial charge in [-0.25, -0.2) is 8.60 Å². The zero-order valence-corrected chi connectivity index (χ0v) is 12.6. The van der Waals surface area contributed by atoms with Gasteiger partial charge in [0.25, 0.3) is 0 Å². The fourth-order valence-electron chi connectivity index (χ4n) is 1.34. The van der Waals surface area contributed by atoms with Crippen LogP contribution in [0.2, 0.25) is 0 Å². The van der Waals surface area contributed by atoms with E-state index in [4.69, 9.17) is 10.5 Å². The number of hydrogen-bond acceptors (Lipinski definition) is 3. The van der Waals surface area contributed by atoms with Crippen LogP contribution >= 0.6 is 0 Å². The van der Waals surface area contributed by atoms with Gasteiger partial charge in [-0.05, 0) is 33.8 Å². The molecule has 0 radical (unpaired) electrons. The van der Waals surface area contributed by atoms with Crippen molar-refractivity contribution >= 4 is 22.4 Å². The monoisotopic (exact) mass is 286 g/mol. The predicted molar refractivity (Wildman–Crippen MR) is 77.5 cm³/mol. The van der Waals surface area contributed by atoms with E-state index in [0.717, 1.165) is 0 Å². The van der Waals surface area contributed by atoms with Crippen molar-refractivity contribution < 1.29 is 13.3 Å². The standard InChI is InChI=1S/C13H19FN2O2S/c1-8(16-19(17)13(2,3)4)9-6-11(15)12(18-5)7-10(9)14/h6-7H,15H2,1-5H3. The zero-order chi connectivity index (χ0) is 14.8. The lowest BCUT2D eigenvalue weighted by atomic mass is 10.1. The Balaban J connectivity index is 3.21. The highest BCUT2D eigenvalue weighted by Crippen LogP contribution is 2.26. The largest absolute Gasteiger partial charge is 0.494 e. The van der Waals surface area contributed by atoms with E-state index in [0.29, 0.717) is 11.4 Å². The number of benzene rings is 1. The average Bonchev–Trinajstić information content (AvgIpc) is 2.30. The molecule has 1 aromatic rings. The molecule has 19 heavy (non-hydrogen) atoms. The molecule has 1 aromatic carbocycles. The molecule has 0 spiro atoms. The molecule has 2 N–H and O–H groups in total. The van der Waals surface area contributed by atoms with Gasteiger partial charge < -0.3 is 10.5 Å². The summed E-state index contributed by atoms with van der Waals surface area (Å²) in [6.45, 7) is 7.02. The van der Waals surface area contributed by atoms with Crippen LogP contribution in [0.3, 0.4) is 0 Å². The van der Waals surface area contributed by atoms with Gasteiger partial charge in [0.1, 0.15) is 22.6 Å². The maximum atomic E-state index is 13.9. The van der Waals surface area contributed by atoms with Gasteiger partial charge in [0.15, 0.2) is 0 Å². The van der Waals surface area contributed by atoms with Crippen LogP contribution in [0.15, 0.2) is 16.5 Å². The molecule has 0 saturated heterocycles. The first-order valence-electron chi connectivity index (χ1n) is 5.77. The minimum atomic E-state index is -1.44. The number of halogens is 1. The molecule has 106 valence electrons. The Morgan fingerprint density at radius 2 is 2.00 bits per heavy atom. The summed E-state index contributed by atoms with van der Waals surface area (Å²) in [7, 11) is -0.0236.